The van der Waals surface area contributed by atoms with Crippen LogP contribution in [0, 0.1) is 0 Å². The molecule has 2 aromatic heterocycles. The Morgan fingerprint density at radius 3 is 2.66 bits per heavy atom. The highest BCUT2D eigenvalue weighted by Gasteiger charge is 2.12. The number of para-hydroxylation sites is 1. The highest BCUT2D eigenvalue weighted by Crippen LogP contribution is 2.30. The van der Waals surface area contributed by atoms with Crippen LogP contribution in [0.25, 0.3) is 22.0 Å². The Labute approximate surface area is 206 Å². The van der Waals surface area contributed by atoms with Crippen molar-refractivity contribution in [3.63, 3.8) is 0 Å². The molecular weight excluding hydrogens is 438 g/mol. The molecule has 2 aromatic carbocycles. The summed E-state index contributed by atoms with van der Waals surface area (Å²) in [6, 6.07) is 18.4. The topological polar surface area (TPSA) is 78.4 Å². The summed E-state index contributed by atoms with van der Waals surface area (Å²) in [5.74, 6) is 2.39. The lowest BCUT2D eigenvalue weighted by Gasteiger charge is -2.28. The molecule has 8 heteroatoms. The Morgan fingerprint density at radius 2 is 1.86 bits per heavy atom. The lowest BCUT2D eigenvalue weighted by molar-refractivity contribution is 0.261. The van der Waals surface area contributed by atoms with E-state index in [0.717, 1.165) is 72.0 Å². The molecule has 35 heavy (non-hydrogen) atoms. The molecule has 0 radical (unpaired) electrons. The minimum Gasteiger partial charge on any atom is -0.492 e. The van der Waals surface area contributed by atoms with Gasteiger partial charge in [0.1, 0.15) is 18.2 Å². The SMILES string of the molecule is CN(C)CCOc1cccc(-c2cccc3cnc(Nc4ccc(N5CCNCC5)nc4)nc23)c1. The average Bonchev–Trinajstić information content (AvgIpc) is 2.89. The summed E-state index contributed by atoms with van der Waals surface area (Å²) in [4.78, 5) is 18.4. The van der Waals surface area contributed by atoms with Crippen LogP contribution in [-0.2, 0) is 0 Å². The summed E-state index contributed by atoms with van der Waals surface area (Å²) < 4.78 is 5.95. The van der Waals surface area contributed by atoms with Gasteiger partial charge in [-0.1, -0.05) is 30.3 Å². The van der Waals surface area contributed by atoms with Gasteiger partial charge in [-0.3, -0.25) is 0 Å². The second-order valence-corrected chi connectivity index (χ2v) is 8.88. The number of benzene rings is 2. The van der Waals surface area contributed by atoms with Gasteiger partial charge >= 0.3 is 0 Å². The third-order valence-electron chi connectivity index (χ3n) is 6.01. The maximum atomic E-state index is 5.95. The number of nitrogens with one attached hydrogen (secondary N) is 2. The highest BCUT2D eigenvalue weighted by molar-refractivity contribution is 5.94. The van der Waals surface area contributed by atoms with Crippen molar-refractivity contribution < 1.29 is 4.74 Å². The van der Waals surface area contributed by atoms with Crippen molar-refractivity contribution in [3.05, 3.63) is 67.0 Å². The maximum absolute atomic E-state index is 5.95. The number of anilines is 3. The third kappa shape index (κ3) is 5.67. The van der Waals surface area contributed by atoms with Crippen LogP contribution >= 0.6 is 0 Å². The van der Waals surface area contributed by atoms with Gasteiger partial charge in [0.15, 0.2) is 0 Å². The van der Waals surface area contributed by atoms with E-state index in [1.165, 1.54) is 0 Å². The first-order valence-corrected chi connectivity index (χ1v) is 12.0. The zero-order valence-electron chi connectivity index (χ0n) is 20.2. The van der Waals surface area contributed by atoms with Crippen LogP contribution in [0.5, 0.6) is 5.75 Å². The van der Waals surface area contributed by atoms with Crippen LogP contribution in [0.3, 0.4) is 0 Å². The van der Waals surface area contributed by atoms with E-state index in [0.29, 0.717) is 12.6 Å². The fourth-order valence-electron chi connectivity index (χ4n) is 4.12. The van der Waals surface area contributed by atoms with E-state index < -0.39 is 0 Å². The molecule has 8 nitrogen and oxygen atoms in total. The van der Waals surface area contributed by atoms with Gasteiger partial charge in [-0.2, -0.15) is 0 Å². The van der Waals surface area contributed by atoms with E-state index in [2.05, 4.69) is 48.6 Å². The van der Waals surface area contributed by atoms with Crippen molar-refractivity contribution in [3.8, 4) is 16.9 Å². The maximum Gasteiger partial charge on any atom is 0.227 e. The first kappa shape index (κ1) is 23.0. The van der Waals surface area contributed by atoms with E-state index in [1.807, 2.05) is 62.9 Å². The number of nitrogens with zero attached hydrogens (tertiary/aromatic N) is 5. The Hall–Kier alpha value is -3.75. The summed E-state index contributed by atoms with van der Waals surface area (Å²) in [5, 5.41) is 7.66. The number of hydrogen-bond donors (Lipinski definition) is 2. The second-order valence-electron chi connectivity index (χ2n) is 8.88. The molecule has 1 fully saturated rings. The molecule has 1 aliphatic rings. The predicted octanol–water partition coefficient (Wildman–Crippen LogP) is 3.79. The fraction of sp³-hybridized carbons (Fsp3) is 0.296. The van der Waals surface area contributed by atoms with E-state index in [1.54, 1.807) is 0 Å². The number of pyridine rings is 1. The smallest absolute Gasteiger partial charge is 0.227 e. The van der Waals surface area contributed by atoms with Gasteiger partial charge < -0.3 is 25.2 Å². The third-order valence-corrected chi connectivity index (χ3v) is 6.01. The molecular formula is C27H31N7O. The summed E-state index contributed by atoms with van der Waals surface area (Å²) in [6.45, 7) is 5.42. The Balaban J connectivity index is 1.37. The molecule has 5 rings (SSSR count). The molecule has 2 N–H and O–H groups in total. The molecule has 0 amide bonds. The molecule has 0 unspecified atom stereocenters. The van der Waals surface area contributed by atoms with Gasteiger partial charge in [0.25, 0.3) is 0 Å². The first-order chi connectivity index (χ1) is 17.2. The monoisotopic (exact) mass is 469 g/mol. The predicted molar refractivity (Wildman–Crippen MR) is 142 cm³/mol. The average molecular weight is 470 g/mol. The molecule has 1 aliphatic heterocycles. The standard InChI is InChI=1S/C27H31N7O/c1-33(2)15-16-35-23-7-3-5-20(17-23)24-8-4-6-21-18-30-27(32-26(21)24)31-22-9-10-25(29-19-22)34-13-11-28-12-14-34/h3-10,17-19,28H,11-16H2,1-2H3,(H,30,31,32). The summed E-state index contributed by atoms with van der Waals surface area (Å²) in [6.07, 6.45) is 3.69. The zero-order chi connectivity index (χ0) is 24.0. The van der Waals surface area contributed by atoms with Gasteiger partial charge in [-0.15, -0.1) is 0 Å². The zero-order valence-corrected chi connectivity index (χ0v) is 20.2. The van der Waals surface area contributed by atoms with Crippen LogP contribution < -0.4 is 20.3 Å². The number of aromatic nitrogens is 3. The molecule has 3 heterocycles. The minimum absolute atomic E-state index is 0.542. The van der Waals surface area contributed by atoms with Crippen LogP contribution in [0.15, 0.2) is 67.0 Å². The van der Waals surface area contributed by atoms with Gasteiger partial charge in [0, 0.05) is 49.9 Å². The van der Waals surface area contributed by atoms with Crippen LogP contribution in [0.1, 0.15) is 0 Å². The molecule has 0 spiro atoms. The Kier molecular flexibility index (Phi) is 7.02. The van der Waals surface area contributed by atoms with E-state index in [4.69, 9.17) is 9.72 Å². The van der Waals surface area contributed by atoms with Crippen molar-refractivity contribution in [1.82, 2.24) is 25.2 Å². The van der Waals surface area contributed by atoms with Gasteiger partial charge in [0.05, 0.1) is 17.4 Å². The van der Waals surface area contributed by atoms with Gasteiger partial charge in [-0.05, 0) is 43.9 Å². The number of fused-ring (bicyclic) bond motifs is 1. The fourth-order valence-corrected chi connectivity index (χ4v) is 4.12. The Bertz CT molecular complexity index is 1270. The Morgan fingerprint density at radius 1 is 1.00 bits per heavy atom. The summed E-state index contributed by atoms with van der Waals surface area (Å²) in [5.41, 5.74) is 3.85. The van der Waals surface area contributed by atoms with Crippen molar-refractivity contribution in [2.45, 2.75) is 0 Å². The van der Waals surface area contributed by atoms with Crippen LogP contribution in [0.4, 0.5) is 17.5 Å². The minimum atomic E-state index is 0.542. The number of ether oxygens (including phenoxy) is 1. The largest absolute Gasteiger partial charge is 0.492 e. The van der Waals surface area contributed by atoms with Crippen LogP contribution in [-0.4, -0.2) is 73.3 Å². The lowest BCUT2D eigenvalue weighted by Crippen LogP contribution is -2.43. The van der Waals surface area contributed by atoms with Gasteiger partial charge in [-0.25, -0.2) is 15.0 Å². The van der Waals surface area contributed by atoms with E-state index in [9.17, 15) is 0 Å². The molecule has 0 bridgehead atoms. The summed E-state index contributed by atoms with van der Waals surface area (Å²) in [7, 11) is 4.08. The number of likely N-dealkylation sites (N-methyl/N-ethyl adjacent to an activating group) is 1. The molecule has 1 saturated heterocycles. The second kappa shape index (κ2) is 10.7. The number of rotatable bonds is 8. The van der Waals surface area contributed by atoms with Crippen molar-refractivity contribution in [2.75, 3.05) is 63.6 Å². The van der Waals surface area contributed by atoms with Gasteiger partial charge in [0.2, 0.25) is 5.95 Å². The molecule has 180 valence electrons. The van der Waals surface area contributed by atoms with Crippen molar-refractivity contribution >= 4 is 28.4 Å². The first-order valence-electron chi connectivity index (χ1n) is 12.0. The normalized spacial score (nSPS) is 13.9. The summed E-state index contributed by atoms with van der Waals surface area (Å²) >= 11 is 0. The number of piperazine rings is 1. The lowest BCUT2D eigenvalue weighted by atomic mass is 10.0. The van der Waals surface area contributed by atoms with E-state index in [-0.39, 0.29) is 0 Å². The van der Waals surface area contributed by atoms with E-state index >= 15 is 0 Å². The van der Waals surface area contributed by atoms with Crippen molar-refractivity contribution in [1.29, 1.82) is 0 Å². The molecule has 4 aromatic rings. The molecule has 0 saturated carbocycles. The number of hydrogen-bond acceptors (Lipinski definition) is 8. The van der Waals surface area contributed by atoms with Crippen LogP contribution in [0.2, 0.25) is 0 Å². The molecule has 0 atom stereocenters. The van der Waals surface area contributed by atoms with Crippen molar-refractivity contribution in [2.24, 2.45) is 0 Å². The molecule has 0 aliphatic carbocycles. The quantitative estimate of drug-likeness (QED) is 0.404. The highest BCUT2D eigenvalue weighted by atomic mass is 16.5.